The van der Waals surface area contributed by atoms with Crippen LogP contribution >= 0.6 is 11.3 Å². The number of rotatable bonds is 6. The van der Waals surface area contributed by atoms with Crippen molar-refractivity contribution < 1.29 is 9.90 Å². The zero-order valence-electron chi connectivity index (χ0n) is 13.8. The molecule has 1 aliphatic heterocycles. The Morgan fingerprint density at radius 3 is 2.92 bits per heavy atom. The van der Waals surface area contributed by atoms with Crippen LogP contribution in [0.3, 0.4) is 0 Å². The van der Waals surface area contributed by atoms with Gasteiger partial charge in [-0.05, 0) is 38.9 Å². The number of carbonyl (C=O) groups is 1. The van der Waals surface area contributed by atoms with Crippen molar-refractivity contribution >= 4 is 22.4 Å². The maximum absolute atomic E-state index is 12.3. The van der Waals surface area contributed by atoms with Crippen LogP contribution in [0.25, 0.3) is 0 Å². The molecule has 0 aromatic carbocycles. The van der Waals surface area contributed by atoms with Crippen LogP contribution in [0.1, 0.15) is 31.4 Å². The largest absolute Gasteiger partial charge is 0.394 e. The number of nitrogens with zero attached hydrogens (tertiary/aromatic N) is 4. The van der Waals surface area contributed by atoms with Crippen LogP contribution in [0.4, 0.5) is 5.13 Å². The molecule has 2 aromatic heterocycles. The van der Waals surface area contributed by atoms with Gasteiger partial charge >= 0.3 is 0 Å². The average Bonchev–Trinajstić information content (AvgIpc) is 3.26. The van der Waals surface area contributed by atoms with E-state index in [0.717, 1.165) is 25.9 Å². The highest BCUT2D eigenvalue weighted by molar-refractivity contribution is 7.13. The second-order valence-electron chi connectivity index (χ2n) is 6.02. The molecular weight excluding hydrogens is 326 g/mol. The Morgan fingerprint density at radius 1 is 1.46 bits per heavy atom. The van der Waals surface area contributed by atoms with Crippen molar-refractivity contribution in [2.75, 3.05) is 25.0 Å². The first kappa shape index (κ1) is 17.1. The van der Waals surface area contributed by atoms with Crippen LogP contribution in [-0.2, 0) is 11.3 Å². The van der Waals surface area contributed by atoms with Gasteiger partial charge in [0.25, 0.3) is 0 Å². The Morgan fingerprint density at radius 2 is 2.25 bits per heavy atom. The molecular formula is C16H23N5O2S. The minimum absolute atomic E-state index is 0.00581. The van der Waals surface area contributed by atoms with Crippen molar-refractivity contribution in [3.05, 3.63) is 29.5 Å². The normalized spacial score (nSPS) is 17.8. The number of nitrogens with one attached hydrogen (secondary N) is 1. The monoisotopic (exact) mass is 349 g/mol. The lowest BCUT2D eigenvalue weighted by molar-refractivity contribution is -0.121. The molecule has 0 bridgehead atoms. The molecule has 0 saturated carbocycles. The van der Waals surface area contributed by atoms with Crippen LogP contribution in [-0.4, -0.2) is 56.4 Å². The summed E-state index contributed by atoms with van der Waals surface area (Å²) in [6, 6.07) is 1.87. The van der Waals surface area contributed by atoms with Gasteiger partial charge < -0.3 is 10.4 Å². The minimum Gasteiger partial charge on any atom is -0.394 e. The molecule has 2 aromatic rings. The van der Waals surface area contributed by atoms with E-state index < -0.39 is 0 Å². The summed E-state index contributed by atoms with van der Waals surface area (Å²) >= 11 is 1.43. The zero-order valence-corrected chi connectivity index (χ0v) is 14.6. The molecule has 1 saturated heterocycles. The SMILES string of the molecule is C[C@H](C(=O)Nc1nccs1)N1CCC(c2ccnn2CCO)CC1. The molecule has 0 unspecified atom stereocenters. The van der Waals surface area contributed by atoms with Gasteiger partial charge in [-0.3, -0.25) is 14.4 Å². The maximum atomic E-state index is 12.3. The van der Waals surface area contributed by atoms with Gasteiger partial charge in [0.15, 0.2) is 5.13 Å². The Labute approximate surface area is 145 Å². The summed E-state index contributed by atoms with van der Waals surface area (Å²) in [6.45, 7) is 4.33. The van der Waals surface area contributed by atoms with E-state index in [2.05, 4.69) is 20.3 Å². The topological polar surface area (TPSA) is 83.3 Å². The third kappa shape index (κ3) is 3.82. The predicted molar refractivity (Wildman–Crippen MR) is 93.1 cm³/mol. The lowest BCUT2D eigenvalue weighted by Gasteiger charge is -2.35. The average molecular weight is 349 g/mol. The number of aliphatic hydroxyl groups is 1. The van der Waals surface area contributed by atoms with E-state index in [1.165, 1.54) is 17.0 Å². The summed E-state index contributed by atoms with van der Waals surface area (Å²) in [5.74, 6) is 0.429. The quantitative estimate of drug-likeness (QED) is 0.826. The summed E-state index contributed by atoms with van der Waals surface area (Å²) in [4.78, 5) is 18.6. The van der Waals surface area contributed by atoms with E-state index in [0.29, 0.717) is 17.6 Å². The second-order valence-corrected chi connectivity index (χ2v) is 6.91. The first-order valence-electron chi connectivity index (χ1n) is 8.26. The number of hydrogen-bond donors (Lipinski definition) is 2. The van der Waals surface area contributed by atoms with Crippen LogP contribution in [0.2, 0.25) is 0 Å². The van der Waals surface area contributed by atoms with Crippen LogP contribution in [0.15, 0.2) is 23.8 Å². The van der Waals surface area contributed by atoms with Crippen LogP contribution in [0.5, 0.6) is 0 Å². The smallest absolute Gasteiger partial charge is 0.243 e. The predicted octanol–water partition coefficient (Wildman–Crippen LogP) is 1.54. The lowest BCUT2D eigenvalue weighted by Crippen LogP contribution is -2.45. The van der Waals surface area contributed by atoms with E-state index in [4.69, 9.17) is 5.11 Å². The highest BCUT2D eigenvalue weighted by Gasteiger charge is 2.28. The lowest BCUT2D eigenvalue weighted by atomic mass is 9.92. The maximum Gasteiger partial charge on any atom is 0.243 e. The summed E-state index contributed by atoms with van der Waals surface area (Å²) in [6.07, 6.45) is 5.46. The van der Waals surface area contributed by atoms with Gasteiger partial charge in [0.2, 0.25) is 5.91 Å². The zero-order chi connectivity index (χ0) is 16.9. The highest BCUT2D eigenvalue weighted by Crippen LogP contribution is 2.28. The summed E-state index contributed by atoms with van der Waals surface area (Å²) < 4.78 is 1.89. The van der Waals surface area contributed by atoms with E-state index in [-0.39, 0.29) is 18.6 Å². The number of thiazole rings is 1. The van der Waals surface area contributed by atoms with Crippen molar-refractivity contribution in [2.24, 2.45) is 0 Å². The first-order valence-corrected chi connectivity index (χ1v) is 9.14. The fourth-order valence-electron chi connectivity index (χ4n) is 3.21. The Kier molecular flexibility index (Phi) is 5.60. The molecule has 7 nitrogen and oxygen atoms in total. The Bertz CT molecular complexity index is 649. The van der Waals surface area contributed by atoms with E-state index in [1.54, 1.807) is 12.4 Å². The highest BCUT2D eigenvalue weighted by atomic mass is 32.1. The van der Waals surface area contributed by atoms with Gasteiger partial charge in [0.05, 0.1) is 19.2 Å². The van der Waals surface area contributed by atoms with Crippen molar-refractivity contribution in [1.82, 2.24) is 19.7 Å². The summed E-state index contributed by atoms with van der Waals surface area (Å²) in [5, 5.41) is 18.8. The molecule has 1 fully saturated rings. The molecule has 3 heterocycles. The van der Waals surface area contributed by atoms with Gasteiger partial charge in [0.1, 0.15) is 0 Å². The molecule has 0 spiro atoms. The molecule has 0 aliphatic carbocycles. The van der Waals surface area contributed by atoms with Gasteiger partial charge in [-0.2, -0.15) is 5.10 Å². The third-order valence-electron chi connectivity index (χ3n) is 4.60. The van der Waals surface area contributed by atoms with Crippen molar-refractivity contribution in [3.63, 3.8) is 0 Å². The van der Waals surface area contributed by atoms with Gasteiger partial charge in [-0.15, -0.1) is 11.3 Å². The van der Waals surface area contributed by atoms with Crippen molar-refractivity contribution in [3.8, 4) is 0 Å². The number of amides is 1. The molecule has 1 aliphatic rings. The van der Waals surface area contributed by atoms with E-state index >= 15 is 0 Å². The fraction of sp³-hybridized carbons (Fsp3) is 0.562. The summed E-state index contributed by atoms with van der Waals surface area (Å²) in [5.41, 5.74) is 1.18. The molecule has 1 atom stereocenters. The number of carbonyl (C=O) groups excluding carboxylic acids is 1. The standard InChI is InChI=1S/C16H23N5O2S/c1-12(15(23)19-16-17-6-11-24-16)20-7-3-13(4-8-20)14-2-5-18-21(14)9-10-22/h2,5-6,11-13,22H,3-4,7-10H2,1H3,(H,17,19,23)/t12-/m1/s1. The number of anilines is 1. The number of aromatic nitrogens is 3. The molecule has 1 amide bonds. The van der Waals surface area contributed by atoms with Crippen LogP contribution in [0, 0.1) is 0 Å². The molecule has 2 N–H and O–H groups in total. The van der Waals surface area contributed by atoms with Gasteiger partial charge in [0, 0.05) is 29.4 Å². The minimum atomic E-state index is -0.169. The van der Waals surface area contributed by atoms with Crippen LogP contribution < -0.4 is 5.32 Å². The van der Waals surface area contributed by atoms with Gasteiger partial charge in [-0.1, -0.05) is 0 Å². The van der Waals surface area contributed by atoms with Crippen molar-refractivity contribution in [2.45, 2.75) is 38.3 Å². The second kappa shape index (κ2) is 7.87. The first-order chi connectivity index (χ1) is 11.7. The Hall–Kier alpha value is -1.77. The van der Waals surface area contributed by atoms with E-state index in [1.807, 2.05) is 23.1 Å². The number of hydrogen-bond acceptors (Lipinski definition) is 6. The fourth-order valence-corrected chi connectivity index (χ4v) is 3.75. The molecule has 130 valence electrons. The Balaban J connectivity index is 1.54. The molecule has 3 rings (SSSR count). The number of aliphatic hydroxyl groups excluding tert-OH is 1. The molecule has 24 heavy (non-hydrogen) atoms. The van der Waals surface area contributed by atoms with Crippen molar-refractivity contribution in [1.29, 1.82) is 0 Å². The van der Waals surface area contributed by atoms with Gasteiger partial charge in [-0.25, -0.2) is 4.98 Å². The molecule has 0 radical (unpaired) electrons. The van der Waals surface area contributed by atoms with E-state index in [9.17, 15) is 4.79 Å². The molecule has 8 heteroatoms. The summed E-state index contributed by atoms with van der Waals surface area (Å²) in [7, 11) is 0. The number of piperidine rings is 1. The number of likely N-dealkylation sites (tertiary alicyclic amines) is 1. The third-order valence-corrected chi connectivity index (χ3v) is 5.29.